The van der Waals surface area contributed by atoms with Crippen molar-refractivity contribution in [3.63, 3.8) is 0 Å². The van der Waals surface area contributed by atoms with E-state index in [1.807, 2.05) is 0 Å². The van der Waals surface area contributed by atoms with Crippen LogP contribution in [0.15, 0.2) is 23.6 Å². The average Bonchev–Trinajstić information content (AvgIpc) is 2.26. The van der Waals surface area contributed by atoms with Crippen LogP contribution in [0.1, 0.15) is 5.56 Å². The molecule has 0 aliphatic carbocycles. The number of aromatic nitrogens is 1. The van der Waals surface area contributed by atoms with Crippen molar-refractivity contribution in [1.82, 2.24) is 4.98 Å². The minimum atomic E-state index is -0.604. The van der Waals surface area contributed by atoms with Crippen LogP contribution < -0.4 is 5.73 Å². The molecule has 1 aromatic heterocycles. The van der Waals surface area contributed by atoms with Crippen molar-refractivity contribution >= 4 is 17.5 Å². The third-order valence-corrected chi connectivity index (χ3v) is 1.74. The molecule has 0 atom stereocenters. The molecule has 1 aromatic rings. The van der Waals surface area contributed by atoms with E-state index in [-0.39, 0.29) is 17.9 Å². The summed E-state index contributed by atoms with van der Waals surface area (Å²) >= 11 is 0. The van der Waals surface area contributed by atoms with Crippen molar-refractivity contribution in [3.8, 4) is 0 Å². The van der Waals surface area contributed by atoms with Crippen molar-refractivity contribution in [3.05, 3.63) is 44.6 Å². The lowest BCUT2D eigenvalue weighted by atomic mass is 10.2. The molecule has 1 heterocycles. The molecule has 0 saturated heterocycles. The molecule has 16 heavy (non-hydrogen) atoms. The van der Waals surface area contributed by atoms with E-state index in [0.717, 1.165) is 6.20 Å². The molecule has 0 aromatic carbocycles. The molecule has 0 aliphatic rings. The van der Waals surface area contributed by atoms with Gasteiger partial charge in [-0.2, -0.15) is 0 Å². The molecule has 0 bridgehead atoms. The van der Waals surface area contributed by atoms with Gasteiger partial charge in [0.2, 0.25) is 0 Å². The Hall–Kier alpha value is -2.60. The molecular weight excluding hydrogens is 212 g/mol. The lowest BCUT2D eigenvalue weighted by molar-refractivity contribution is -0.384. The highest BCUT2D eigenvalue weighted by Crippen LogP contribution is 2.23. The Labute approximate surface area is 90.2 Å². The zero-order chi connectivity index (χ0) is 12.0. The number of nitrogens with zero attached hydrogens (tertiary/aromatic N) is 5. The molecule has 2 N–H and O–H groups in total. The number of nitrogens with two attached hydrogens (primary N) is 1. The van der Waals surface area contributed by atoms with Gasteiger partial charge >= 0.3 is 5.69 Å². The first kappa shape index (κ1) is 11.5. The van der Waals surface area contributed by atoms with Crippen molar-refractivity contribution in [2.24, 2.45) is 5.11 Å². The quantitative estimate of drug-likeness (QED) is 0.273. The molecule has 0 fully saturated rings. The number of hydrogen-bond donors (Lipinski definition) is 1. The van der Waals surface area contributed by atoms with Crippen molar-refractivity contribution < 1.29 is 4.92 Å². The van der Waals surface area contributed by atoms with E-state index < -0.39 is 4.92 Å². The lowest BCUT2D eigenvalue weighted by Crippen LogP contribution is -1.98. The zero-order valence-electron chi connectivity index (χ0n) is 8.15. The Balaban J connectivity index is 2.97. The number of azide groups is 1. The van der Waals surface area contributed by atoms with Gasteiger partial charge in [0.25, 0.3) is 0 Å². The highest BCUT2D eigenvalue weighted by atomic mass is 16.6. The summed E-state index contributed by atoms with van der Waals surface area (Å²) < 4.78 is 0. The fourth-order valence-corrected chi connectivity index (χ4v) is 1.02. The number of pyridine rings is 1. The van der Waals surface area contributed by atoms with Gasteiger partial charge < -0.3 is 5.73 Å². The highest BCUT2D eigenvalue weighted by molar-refractivity contribution is 5.71. The summed E-state index contributed by atoms with van der Waals surface area (Å²) in [6.45, 7) is 0.151. The maximum atomic E-state index is 10.5. The topological polar surface area (TPSA) is 131 Å². The molecule has 0 spiro atoms. The summed E-state index contributed by atoms with van der Waals surface area (Å²) in [5, 5.41) is 13.8. The SMILES string of the molecule is [N-]=[N+]=NCC=Cc1cncc([N+](=O)[O-])c1N. The summed E-state index contributed by atoms with van der Waals surface area (Å²) in [4.78, 5) is 16.2. The first-order valence-corrected chi connectivity index (χ1v) is 4.22. The average molecular weight is 220 g/mol. The van der Waals surface area contributed by atoms with Gasteiger partial charge in [-0.25, -0.2) is 0 Å². The predicted octanol–water partition coefficient (Wildman–Crippen LogP) is 1.90. The van der Waals surface area contributed by atoms with E-state index in [1.165, 1.54) is 18.3 Å². The van der Waals surface area contributed by atoms with Gasteiger partial charge in [-0.05, 0) is 5.53 Å². The van der Waals surface area contributed by atoms with E-state index in [9.17, 15) is 10.1 Å². The second-order valence-corrected chi connectivity index (χ2v) is 2.73. The van der Waals surface area contributed by atoms with Crippen molar-refractivity contribution in [2.45, 2.75) is 0 Å². The van der Waals surface area contributed by atoms with Gasteiger partial charge in [0, 0.05) is 23.2 Å². The monoisotopic (exact) mass is 220 g/mol. The van der Waals surface area contributed by atoms with Crippen LogP contribution in [0.2, 0.25) is 0 Å². The van der Waals surface area contributed by atoms with E-state index in [2.05, 4.69) is 15.0 Å². The van der Waals surface area contributed by atoms with Crippen LogP contribution in [0, 0.1) is 10.1 Å². The summed E-state index contributed by atoms with van der Waals surface area (Å²) in [5.74, 6) is 0. The standard InChI is InChI=1S/C8H8N6O2/c9-8-6(2-1-3-12-13-10)4-11-5-7(8)14(15)16/h1-2,4-5H,3H2,(H2,9,11). The van der Waals surface area contributed by atoms with Crippen LogP contribution in [0.5, 0.6) is 0 Å². The summed E-state index contributed by atoms with van der Waals surface area (Å²) in [7, 11) is 0. The van der Waals surface area contributed by atoms with E-state index >= 15 is 0 Å². The Morgan fingerprint density at radius 2 is 2.44 bits per heavy atom. The second-order valence-electron chi connectivity index (χ2n) is 2.73. The molecule has 8 heteroatoms. The third kappa shape index (κ3) is 2.69. The van der Waals surface area contributed by atoms with Crippen LogP contribution in [-0.2, 0) is 0 Å². The van der Waals surface area contributed by atoms with Crippen molar-refractivity contribution in [2.75, 3.05) is 12.3 Å². The first-order valence-electron chi connectivity index (χ1n) is 4.22. The number of hydrogen-bond acceptors (Lipinski definition) is 5. The largest absolute Gasteiger partial charge is 0.393 e. The van der Waals surface area contributed by atoms with Crippen LogP contribution >= 0.6 is 0 Å². The molecule has 82 valence electrons. The third-order valence-electron chi connectivity index (χ3n) is 1.74. The molecule has 1 rings (SSSR count). The molecule has 0 saturated carbocycles. The number of nitrogen functional groups attached to an aromatic ring is 1. The van der Waals surface area contributed by atoms with Crippen molar-refractivity contribution in [1.29, 1.82) is 0 Å². The van der Waals surface area contributed by atoms with Gasteiger partial charge in [0.15, 0.2) is 0 Å². The van der Waals surface area contributed by atoms with Crippen LogP contribution in [-0.4, -0.2) is 16.5 Å². The first-order chi connectivity index (χ1) is 7.66. The predicted molar refractivity (Wildman–Crippen MR) is 58.4 cm³/mol. The van der Waals surface area contributed by atoms with E-state index in [0.29, 0.717) is 5.56 Å². The minimum absolute atomic E-state index is 0.0391. The molecule has 0 radical (unpaired) electrons. The van der Waals surface area contributed by atoms with Gasteiger partial charge in [0.1, 0.15) is 11.9 Å². The van der Waals surface area contributed by atoms with Crippen LogP contribution in [0.3, 0.4) is 0 Å². The van der Waals surface area contributed by atoms with Crippen LogP contribution in [0.4, 0.5) is 11.4 Å². The Kier molecular flexibility index (Phi) is 3.82. The van der Waals surface area contributed by atoms with Gasteiger partial charge in [-0.1, -0.05) is 17.3 Å². The molecule has 0 amide bonds. The summed E-state index contributed by atoms with van der Waals surface area (Å²) in [5.41, 5.74) is 13.8. The maximum absolute atomic E-state index is 10.5. The number of rotatable bonds is 4. The van der Waals surface area contributed by atoms with Crippen LogP contribution in [0.25, 0.3) is 16.5 Å². The lowest BCUT2D eigenvalue weighted by Gasteiger charge is -1.99. The Bertz CT molecular complexity index is 477. The summed E-state index contributed by atoms with van der Waals surface area (Å²) in [6.07, 6.45) is 5.54. The second kappa shape index (κ2) is 5.32. The number of anilines is 1. The van der Waals surface area contributed by atoms with Gasteiger partial charge in [0.05, 0.1) is 4.92 Å². The molecule has 0 unspecified atom stereocenters. The summed E-state index contributed by atoms with van der Waals surface area (Å²) in [6, 6.07) is 0. The molecule has 8 nitrogen and oxygen atoms in total. The van der Waals surface area contributed by atoms with E-state index in [4.69, 9.17) is 11.3 Å². The highest BCUT2D eigenvalue weighted by Gasteiger charge is 2.13. The Morgan fingerprint density at radius 3 is 3.06 bits per heavy atom. The molecular formula is C8H8N6O2. The normalized spacial score (nSPS) is 10.0. The van der Waals surface area contributed by atoms with Gasteiger partial charge in [-0.3, -0.25) is 15.1 Å². The minimum Gasteiger partial charge on any atom is -0.393 e. The maximum Gasteiger partial charge on any atom is 0.310 e. The molecule has 0 aliphatic heterocycles. The smallest absolute Gasteiger partial charge is 0.310 e. The number of nitro groups is 1. The fourth-order valence-electron chi connectivity index (χ4n) is 1.02. The fraction of sp³-hybridized carbons (Fsp3) is 0.125. The van der Waals surface area contributed by atoms with Gasteiger partial charge in [-0.15, -0.1) is 0 Å². The zero-order valence-corrected chi connectivity index (χ0v) is 8.15. The van der Waals surface area contributed by atoms with E-state index in [1.54, 1.807) is 0 Å². The Morgan fingerprint density at radius 1 is 1.69 bits per heavy atom.